The second kappa shape index (κ2) is 5.83. The Morgan fingerprint density at radius 2 is 1.65 bits per heavy atom. The maximum atomic E-state index is 13.5. The summed E-state index contributed by atoms with van der Waals surface area (Å²) in [6.07, 6.45) is 0. The summed E-state index contributed by atoms with van der Waals surface area (Å²) in [6.45, 7) is 1.53. The fourth-order valence-corrected chi connectivity index (χ4v) is 2.47. The number of rotatable bonds is 4. The Balaban J connectivity index is 2.23. The Labute approximate surface area is 117 Å². The molecule has 0 amide bonds. The molecular formula is C14H13FN2O2S. The summed E-state index contributed by atoms with van der Waals surface area (Å²) in [5.41, 5.74) is 0.505. The number of hydrogen-bond acceptors (Lipinski definition) is 3. The fourth-order valence-electron chi connectivity index (χ4n) is 1.60. The molecule has 6 heteroatoms. The van der Waals surface area contributed by atoms with Gasteiger partial charge in [0.1, 0.15) is 5.82 Å². The molecule has 0 saturated heterocycles. The van der Waals surface area contributed by atoms with Gasteiger partial charge in [-0.15, -0.1) is 0 Å². The minimum atomic E-state index is -3.74. The molecule has 0 fully saturated rings. The normalized spacial score (nSPS) is 12.2. The fraction of sp³-hybridized carbons (Fsp3) is 0.0714. The van der Waals surface area contributed by atoms with E-state index in [-0.39, 0.29) is 16.2 Å². The van der Waals surface area contributed by atoms with Crippen molar-refractivity contribution in [3.63, 3.8) is 0 Å². The molecule has 4 nitrogen and oxygen atoms in total. The number of nitrogens with one attached hydrogen (secondary N) is 1. The van der Waals surface area contributed by atoms with Crippen molar-refractivity contribution >= 4 is 15.7 Å². The van der Waals surface area contributed by atoms with Gasteiger partial charge in [0.25, 0.3) is 10.0 Å². The van der Waals surface area contributed by atoms with Crippen LogP contribution < -0.4 is 4.83 Å². The van der Waals surface area contributed by atoms with E-state index >= 15 is 0 Å². The van der Waals surface area contributed by atoms with Crippen molar-refractivity contribution in [2.24, 2.45) is 5.10 Å². The van der Waals surface area contributed by atoms with Crippen LogP contribution in [0, 0.1) is 5.82 Å². The van der Waals surface area contributed by atoms with Crippen LogP contribution in [0.2, 0.25) is 0 Å². The summed E-state index contributed by atoms with van der Waals surface area (Å²) in [5.74, 6) is -0.451. The van der Waals surface area contributed by atoms with E-state index in [4.69, 9.17) is 0 Å². The third-order valence-corrected chi connectivity index (χ3v) is 3.88. The zero-order chi connectivity index (χ0) is 14.6. The molecule has 0 aromatic heterocycles. The second-order valence-electron chi connectivity index (χ2n) is 4.08. The first-order valence-electron chi connectivity index (χ1n) is 5.87. The maximum Gasteiger partial charge on any atom is 0.276 e. The van der Waals surface area contributed by atoms with Crippen molar-refractivity contribution in [2.75, 3.05) is 0 Å². The molecule has 0 aliphatic rings. The number of nitrogens with zero attached hydrogens (tertiary/aromatic N) is 1. The Hall–Kier alpha value is -2.21. The van der Waals surface area contributed by atoms with Gasteiger partial charge in [0.15, 0.2) is 0 Å². The van der Waals surface area contributed by atoms with E-state index in [0.717, 1.165) is 0 Å². The minimum absolute atomic E-state index is 0.102. The number of sulfonamides is 1. The molecule has 0 radical (unpaired) electrons. The van der Waals surface area contributed by atoms with Crippen molar-refractivity contribution in [1.29, 1.82) is 0 Å². The minimum Gasteiger partial charge on any atom is -0.206 e. The molecule has 0 spiro atoms. The molecule has 0 atom stereocenters. The molecule has 1 N–H and O–H groups in total. The van der Waals surface area contributed by atoms with Crippen molar-refractivity contribution in [3.05, 3.63) is 66.0 Å². The molecule has 0 saturated carbocycles. The van der Waals surface area contributed by atoms with Gasteiger partial charge in [-0.1, -0.05) is 36.4 Å². The monoisotopic (exact) mass is 292 g/mol. The van der Waals surface area contributed by atoms with E-state index in [1.54, 1.807) is 30.3 Å². The van der Waals surface area contributed by atoms with Crippen LogP contribution >= 0.6 is 0 Å². The van der Waals surface area contributed by atoms with E-state index in [2.05, 4.69) is 9.93 Å². The van der Waals surface area contributed by atoms with Crippen LogP contribution in [0.4, 0.5) is 4.39 Å². The number of hydrazone groups is 1. The van der Waals surface area contributed by atoms with Crippen LogP contribution in [0.1, 0.15) is 12.5 Å². The van der Waals surface area contributed by atoms with E-state index in [0.29, 0.717) is 0 Å². The Morgan fingerprint density at radius 3 is 2.30 bits per heavy atom. The summed E-state index contributed by atoms with van der Waals surface area (Å²) >= 11 is 0. The lowest BCUT2D eigenvalue weighted by molar-refractivity contribution is 0.584. The van der Waals surface area contributed by atoms with Crippen LogP contribution in [0.3, 0.4) is 0 Å². The highest BCUT2D eigenvalue weighted by molar-refractivity contribution is 7.89. The second-order valence-corrected chi connectivity index (χ2v) is 5.75. The largest absolute Gasteiger partial charge is 0.276 e. The molecule has 0 heterocycles. The Bertz CT molecular complexity index is 728. The molecule has 0 unspecified atom stereocenters. The van der Waals surface area contributed by atoms with Crippen LogP contribution in [-0.2, 0) is 10.0 Å². The van der Waals surface area contributed by atoms with E-state index < -0.39 is 15.8 Å². The molecule has 0 aliphatic carbocycles. The predicted molar refractivity (Wildman–Crippen MR) is 75.4 cm³/mol. The molecule has 0 bridgehead atoms. The van der Waals surface area contributed by atoms with Crippen LogP contribution in [0.5, 0.6) is 0 Å². The topological polar surface area (TPSA) is 58.5 Å². The molecular weight excluding hydrogens is 279 g/mol. The van der Waals surface area contributed by atoms with Gasteiger partial charge in [-0.3, -0.25) is 0 Å². The van der Waals surface area contributed by atoms with Gasteiger partial charge in [-0.25, -0.2) is 4.39 Å². The predicted octanol–water partition coefficient (Wildman–Crippen LogP) is 2.53. The molecule has 2 rings (SSSR count). The first kappa shape index (κ1) is 14.2. The van der Waals surface area contributed by atoms with Gasteiger partial charge in [-0.2, -0.15) is 18.4 Å². The zero-order valence-electron chi connectivity index (χ0n) is 10.7. The van der Waals surface area contributed by atoms with Gasteiger partial charge in [0, 0.05) is 5.56 Å². The molecule has 2 aromatic rings. The first-order chi connectivity index (χ1) is 9.50. The average Bonchev–Trinajstić information content (AvgIpc) is 2.46. The highest BCUT2D eigenvalue weighted by atomic mass is 32.2. The van der Waals surface area contributed by atoms with E-state index in [1.807, 2.05) is 0 Å². The molecule has 2 aromatic carbocycles. The third-order valence-electron chi connectivity index (χ3n) is 2.65. The smallest absolute Gasteiger partial charge is 0.206 e. The highest BCUT2D eigenvalue weighted by Gasteiger charge is 2.12. The SMILES string of the molecule is CC(=NNS(=O)(=O)c1ccccc1)c1ccccc1F. The first-order valence-corrected chi connectivity index (χ1v) is 7.35. The standard InChI is InChI=1S/C14H13FN2O2S/c1-11(13-9-5-6-10-14(13)15)16-17-20(18,19)12-7-3-2-4-8-12/h2-10,17H,1H3. The van der Waals surface area contributed by atoms with E-state index in [9.17, 15) is 12.8 Å². The van der Waals surface area contributed by atoms with Crippen LogP contribution in [-0.4, -0.2) is 14.1 Å². The van der Waals surface area contributed by atoms with Crippen molar-refractivity contribution < 1.29 is 12.8 Å². The lowest BCUT2D eigenvalue weighted by Gasteiger charge is -2.05. The molecule has 104 valence electrons. The lowest BCUT2D eigenvalue weighted by atomic mass is 10.1. The molecule has 0 aliphatic heterocycles. The summed E-state index contributed by atoms with van der Waals surface area (Å²) in [4.78, 5) is 2.20. The maximum absolute atomic E-state index is 13.5. The van der Waals surface area contributed by atoms with Gasteiger partial charge >= 0.3 is 0 Å². The van der Waals surface area contributed by atoms with Gasteiger partial charge in [0.2, 0.25) is 0 Å². The van der Waals surface area contributed by atoms with Gasteiger partial charge in [-0.05, 0) is 25.1 Å². The zero-order valence-corrected chi connectivity index (χ0v) is 11.6. The van der Waals surface area contributed by atoms with Crippen molar-refractivity contribution in [2.45, 2.75) is 11.8 Å². The lowest BCUT2D eigenvalue weighted by Crippen LogP contribution is -2.20. The van der Waals surface area contributed by atoms with Gasteiger partial charge in [0.05, 0.1) is 10.6 Å². The summed E-state index contributed by atoms with van der Waals surface area (Å²) in [7, 11) is -3.74. The Morgan fingerprint density at radius 1 is 1.05 bits per heavy atom. The Kier molecular flexibility index (Phi) is 4.14. The van der Waals surface area contributed by atoms with Gasteiger partial charge < -0.3 is 0 Å². The quantitative estimate of drug-likeness (QED) is 0.695. The van der Waals surface area contributed by atoms with E-state index in [1.165, 1.54) is 31.2 Å². The third kappa shape index (κ3) is 3.21. The summed E-state index contributed by atoms with van der Waals surface area (Å²) in [6, 6.07) is 13.9. The highest BCUT2D eigenvalue weighted by Crippen LogP contribution is 2.09. The van der Waals surface area contributed by atoms with Crippen LogP contribution in [0.15, 0.2) is 64.6 Å². The van der Waals surface area contributed by atoms with Crippen LogP contribution in [0.25, 0.3) is 0 Å². The van der Waals surface area contributed by atoms with Crippen molar-refractivity contribution in [3.8, 4) is 0 Å². The summed E-state index contributed by atoms with van der Waals surface area (Å²) in [5, 5.41) is 3.74. The summed E-state index contributed by atoms with van der Waals surface area (Å²) < 4.78 is 37.4. The number of benzene rings is 2. The number of halogens is 1. The van der Waals surface area contributed by atoms with Crippen molar-refractivity contribution in [1.82, 2.24) is 4.83 Å². The average molecular weight is 292 g/mol. The number of hydrogen-bond donors (Lipinski definition) is 1. The molecule has 20 heavy (non-hydrogen) atoms.